The van der Waals surface area contributed by atoms with Crippen molar-refractivity contribution < 1.29 is 18.7 Å². The van der Waals surface area contributed by atoms with Crippen molar-refractivity contribution in [2.75, 3.05) is 37.9 Å². The van der Waals surface area contributed by atoms with E-state index in [-0.39, 0.29) is 36.2 Å². The zero-order valence-electron chi connectivity index (χ0n) is 20.5. The molecular formula is C24H30FN7O3. The van der Waals surface area contributed by atoms with Gasteiger partial charge in [-0.15, -0.1) is 0 Å². The summed E-state index contributed by atoms with van der Waals surface area (Å²) < 4.78 is 27.2. The van der Waals surface area contributed by atoms with Crippen molar-refractivity contribution in [2.45, 2.75) is 45.0 Å². The topological polar surface area (TPSA) is 120 Å². The van der Waals surface area contributed by atoms with Gasteiger partial charge in [0.25, 0.3) is 0 Å². The minimum Gasteiger partial charge on any atom is -0.425 e. The summed E-state index contributed by atoms with van der Waals surface area (Å²) in [6.07, 6.45) is 4.44. The van der Waals surface area contributed by atoms with Crippen molar-refractivity contribution in [3.8, 4) is 17.4 Å². The molecule has 2 aliphatic rings. The Hall–Kier alpha value is -3.60. The lowest BCUT2D eigenvalue weighted by Gasteiger charge is -2.36. The summed E-state index contributed by atoms with van der Waals surface area (Å²) in [4.78, 5) is 33.4. The molecule has 1 aliphatic heterocycles. The van der Waals surface area contributed by atoms with Crippen molar-refractivity contribution in [3.05, 3.63) is 41.8 Å². The first-order chi connectivity index (χ1) is 16.5. The summed E-state index contributed by atoms with van der Waals surface area (Å²) in [5.74, 6) is 0.834. The highest BCUT2D eigenvalue weighted by atomic mass is 19.1. The average Bonchev–Trinajstić information content (AvgIpc) is 2.81. The van der Waals surface area contributed by atoms with Crippen LogP contribution in [0.25, 0.3) is 11.4 Å². The molecule has 0 aromatic carbocycles. The Bertz CT molecular complexity index is 1160. The summed E-state index contributed by atoms with van der Waals surface area (Å²) >= 11 is 0. The van der Waals surface area contributed by atoms with E-state index in [2.05, 4.69) is 19.9 Å². The molecule has 2 aromatic rings. The molecule has 0 saturated carbocycles. The van der Waals surface area contributed by atoms with Gasteiger partial charge < -0.3 is 25.0 Å². The van der Waals surface area contributed by atoms with Crippen LogP contribution in [0.4, 0.5) is 16.2 Å². The van der Waals surface area contributed by atoms with Gasteiger partial charge >= 0.3 is 6.01 Å². The molecule has 3 atom stereocenters. The van der Waals surface area contributed by atoms with Crippen molar-refractivity contribution in [1.29, 1.82) is 0 Å². The number of likely N-dealkylation sites (N-methyl/N-ethyl adjacent to an activating group) is 1. The number of aromatic nitrogens is 4. The maximum atomic E-state index is 15.6. The molecule has 186 valence electrons. The first-order valence-electron chi connectivity index (χ1n) is 11.4. The number of nitrogen functional groups attached to an aromatic ring is 1. The number of carbonyl (C=O) groups excluding carboxylic acids is 1. The largest absolute Gasteiger partial charge is 0.425 e. The molecule has 3 heterocycles. The molecule has 11 heteroatoms. The summed E-state index contributed by atoms with van der Waals surface area (Å²) in [7, 11) is 3.25. The average molecular weight is 484 g/mol. The summed E-state index contributed by atoms with van der Waals surface area (Å²) in [5.41, 5.74) is 4.77. The van der Waals surface area contributed by atoms with Crippen LogP contribution in [0.2, 0.25) is 0 Å². The van der Waals surface area contributed by atoms with E-state index in [0.717, 1.165) is 0 Å². The second kappa shape index (κ2) is 9.57. The van der Waals surface area contributed by atoms with Crippen LogP contribution in [-0.2, 0) is 9.53 Å². The van der Waals surface area contributed by atoms with Gasteiger partial charge in [0.15, 0.2) is 11.5 Å². The number of halogens is 1. The molecule has 1 aliphatic carbocycles. The highest BCUT2D eigenvalue weighted by Gasteiger charge is 2.37. The maximum Gasteiger partial charge on any atom is 0.327 e. The molecule has 35 heavy (non-hydrogen) atoms. The maximum absolute atomic E-state index is 15.6. The second-order valence-corrected chi connectivity index (χ2v) is 9.26. The van der Waals surface area contributed by atoms with Crippen LogP contribution in [-0.4, -0.2) is 75.8 Å². The van der Waals surface area contributed by atoms with Gasteiger partial charge in [0.1, 0.15) is 11.6 Å². The van der Waals surface area contributed by atoms with E-state index in [0.29, 0.717) is 41.9 Å². The molecule has 4 rings (SSSR count). The summed E-state index contributed by atoms with van der Waals surface area (Å²) in [5, 5.41) is 0. The molecule has 2 aromatic heterocycles. The third-order valence-corrected chi connectivity index (χ3v) is 5.87. The summed E-state index contributed by atoms with van der Waals surface area (Å²) in [6.45, 7) is 6.45. The van der Waals surface area contributed by atoms with Crippen molar-refractivity contribution >= 4 is 17.7 Å². The number of allylic oxidation sites excluding steroid dienone is 3. The van der Waals surface area contributed by atoms with Gasteiger partial charge in [0.2, 0.25) is 11.9 Å². The van der Waals surface area contributed by atoms with Crippen LogP contribution in [0.15, 0.2) is 41.8 Å². The third-order valence-electron chi connectivity index (χ3n) is 5.87. The molecule has 3 unspecified atom stereocenters. The number of nitrogens with two attached hydrogens (primary N) is 1. The number of amides is 1. The van der Waals surface area contributed by atoms with Crippen LogP contribution < -0.4 is 15.4 Å². The number of pyridine rings is 1. The number of carbonyl (C=O) groups is 1. The van der Waals surface area contributed by atoms with Crippen LogP contribution in [0.1, 0.15) is 27.2 Å². The van der Waals surface area contributed by atoms with Gasteiger partial charge in [0.05, 0.1) is 18.8 Å². The molecule has 0 bridgehead atoms. The third kappa shape index (κ3) is 5.40. The summed E-state index contributed by atoms with van der Waals surface area (Å²) in [6, 6.07) is 3.35. The first-order valence-corrected chi connectivity index (χ1v) is 11.4. The van der Waals surface area contributed by atoms with Crippen molar-refractivity contribution in [3.63, 3.8) is 0 Å². The van der Waals surface area contributed by atoms with Crippen molar-refractivity contribution in [2.24, 2.45) is 0 Å². The van der Waals surface area contributed by atoms with E-state index in [9.17, 15) is 4.79 Å². The van der Waals surface area contributed by atoms with E-state index in [1.54, 1.807) is 38.5 Å². The number of nitrogens with zero attached hydrogens (tertiary/aromatic N) is 6. The van der Waals surface area contributed by atoms with Crippen LogP contribution in [0, 0.1) is 0 Å². The fourth-order valence-corrected chi connectivity index (χ4v) is 3.90. The SMILES string of the molecule is CC1CN(c2nc(OC3=CC=C(C(=O)N(C)C)CC3(C)F)nc(-c3ccc(N)nc3)n2)C(C)CO1. The van der Waals surface area contributed by atoms with Crippen LogP contribution in [0.3, 0.4) is 0 Å². The lowest BCUT2D eigenvalue weighted by Crippen LogP contribution is -2.48. The number of ether oxygens (including phenoxy) is 2. The molecule has 2 N–H and O–H groups in total. The fourth-order valence-electron chi connectivity index (χ4n) is 3.90. The van der Waals surface area contributed by atoms with Gasteiger partial charge in [-0.05, 0) is 45.1 Å². The van der Waals surface area contributed by atoms with E-state index < -0.39 is 5.67 Å². The minimum atomic E-state index is -1.92. The number of morpholine rings is 1. The van der Waals surface area contributed by atoms with Gasteiger partial charge in [-0.25, -0.2) is 9.37 Å². The Kier molecular flexibility index (Phi) is 6.70. The Morgan fingerprint density at radius 2 is 2.03 bits per heavy atom. The Balaban J connectivity index is 1.73. The number of hydrogen-bond donors (Lipinski definition) is 1. The Labute approximate surface area is 203 Å². The molecular weight excluding hydrogens is 453 g/mol. The highest BCUT2D eigenvalue weighted by molar-refractivity contribution is 5.94. The zero-order chi connectivity index (χ0) is 25.3. The standard InChI is InChI=1S/C24H30FN7O3/c1-14-13-34-15(2)12-32(14)22-28-20(17-7-9-19(26)27-11-17)29-23(30-22)35-18-8-6-16(10-24(18,3)25)21(33)31(4)5/h6-9,11,14-15H,10,12-13H2,1-5H3,(H2,26,27). The van der Waals surface area contributed by atoms with E-state index >= 15 is 4.39 Å². The van der Waals surface area contributed by atoms with Crippen molar-refractivity contribution in [1.82, 2.24) is 24.8 Å². The lowest BCUT2D eigenvalue weighted by molar-refractivity contribution is -0.125. The second-order valence-electron chi connectivity index (χ2n) is 9.26. The predicted octanol–water partition coefficient (Wildman–Crippen LogP) is 2.54. The Morgan fingerprint density at radius 1 is 1.26 bits per heavy atom. The number of anilines is 2. The molecule has 10 nitrogen and oxygen atoms in total. The highest BCUT2D eigenvalue weighted by Crippen LogP contribution is 2.35. The van der Waals surface area contributed by atoms with Crippen LogP contribution in [0.5, 0.6) is 6.01 Å². The monoisotopic (exact) mass is 483 g/mol. The quantitative estimate of drug-likeness (QED) is 0.684. The normalized spacial score (nSPS) is 24.5. The lowest BCUT2D eigenvalue weighted by atomic mass is 9.90. The number of hydrogen-bond acceptors (Lipinski definition) is 9. The van der Waals surface area contributed by atoms with E-state index in [1.807, 2.05) is 18.7 Å². The van der Waals surface area contributed by atoms with Gasteiger partial charge in [-0.2, -0.15) is 15.0 Å². The molecule has 1 fully saturated rings. The molecule has 1 saturated heterocycles. The first kappa shape index (κ1) is 24.5. The fraction of sp³-hybridized carbons (Fsp3) is 0.458. The Morgan fingerprint density at radius 3 is 2.69 bits per heavy atom. The van der Waals surface area contributed by atoms with E-state index in [1.165, 1.54) is 17.9 Å². The minimum absolute atomic E-state index is 0.00901. The molecule has 0 radical (unpaired) electrons. The number of rotatable bonds is 5. The van der Waals surface area contributed by atoms with Gasteiger partial charge in [-0.3, -0.25) is 4.79 Å². The van der Waals surface area contributed by atoms with Gasteiger partial charge in [0, 0.05) is 44.4 Å². The predicted molar refractivity (Wildman–Crippen MR) is 129 cm³/mol. The van der Waals surface area contributed by atoms with Crippen LogP contribution >= 0.6 is 0 Å². The molecule has 0 spiro atoms. The number of alkyl halides is 1. The smallest absolute Gasteiger partial charge is 0.327 e. The van der Waals surface area contributed by atoms with E-state index in [4.69, 9.17) is 15.2 Å². The molecule has 1 amide bonds. The zero-order valence-corrected chi connectivity index (χ0v) is 20.5. The van der Waals surface area contributed by atoms with Gasteiger partial charge in [-0.1, -0.05) is 0 Å².